The molecule has 0 aromatic rings. The third kappa shape index (κ3) is 72.2. The van der Waals surface area contributed by atoms with Crippen LogP contribution in [0.2, 0.25) is 0 Å². The van der Waals surface area contributed by atoms with Crippen molar-refractivity contribution in [2.45, 2.75) is 492 Å². The van der Waals surface area contributed by atoms with Crippen molar-refractivity contribution >= 4 is 23.9 Å². The molecular formula is C98H193N3O9. The van der Waals surface area contributed by atoms with E-state index in [9.17, 15) is 24.3 Å². The lowest BCUT2D eigenvalue weighted by atomic mass is 9.94. The van der Waals surface area contributed by atoms with E-state index in [1.54, 1.807) is 0 Å². The predicted molar refractivity (Wildman–Crippen MR) is 474 cm³/mol. The van der Waals surface area contributed by atoms with Crippen molar-refractivity contribution in [3.63, 3.8) is 0 Å². The maximum absolute atomic E-state index is 13.5. The number of hydrogen-bond donors (Lipinski definition) is 1. The molecular weight excluding hydrogens is 1360 g/mol. The number of carbonyl (C=O) groups is 4. The van der Waals surface area contributed by atoms with E-state index in [1.165, 1.54) is 205 Å². The molecule has 4 unspecified atom stereocenters. The molecule has 0 amide bonds. The summed E-state index contributed by atoms with van der Waals surface area (Å²) in [6, 6.07) is 0. The molecule has 0 bridgehead atoms. The third-order valence-corrected chi connectivity index (χ3v) is 23.8. The lowest BCUT2D eigenvalue weighted by molar-refractivity contribution is -0.150. The molecule has 12 heteroatoms. The normalized spacial score (nSPS) is 12.9. The zero-order valence-electron chi connectivity index (χ0n) is 75.3. The molecule has 1 N–H and O–H groups in total. The zero-order chi connectivity index (χ0) is 80.2. The van der Waals surface area contributed by atoms with Crippen molar-refractivity contribution in [2.24, 2.45) is 23.7 Å². The van der Waals surface area contributed by atoms with Crippen molar-refractivity contribution in [3.05, 3.63) is 0 Å². The molecule has 0 aromatic carbocycles. The van der Waals surface area contributed by atoms with Gasteiger partial charge in [0.15, 0.2) is 0 Å². The fourth-order valence-electron chi connectivity index (χ4n) is 16.3. The highest BCUT2D eigenvalue weighted by Gasteiger charge is 2.24. The van der Waals surface area contributed by atoms with Crippen molar-refractivity contribution in [3.8, 4) is 0 Å². The standard InChI is InChI=1S/C98H193N3O9/c1-9-17-25-33-37-53-73-91(69-49-29-21-13-5)95(103)107-87-63-45-41-57-77-99(78-58-42-46-64-88-108-96(104)92(70-50-30-22-14-6)74-54-38-34-26-18-10-2)82-67-84-101(81-61-62-86-102)85-68-83-100(79-59-43-47-65-89-109-97(105)93(71-51-31-23-15-7)75-55-39-35-27-19-11-3)80-60-44-48-66-90-110-98(106)94(72-52-32-24-16-8)76-56-40-36-28-20-12-4/h91-94,102H,9-90H2,1-8H3. The molecule has 12 nitrogen and oxygen atoms in total. The second-order valence-corrected chi connectivity index (χ2v) is 34.4. The van der Waals surface area contributed by atoms with Gasteiger partial charge in [-0.15, -0.1) is 0 Å². The van der Waals surface area contributed by atoms with E-state index >= 15 is 0 Å². The molecule has 0 rings (SSSR count). The molecule has 0 aliphatic rings. The molecule has 0 aromatic heterocycles. The molecule has 4 atom stereocenters. The van der Waals surface area contributed by atoms with Gasteiger partial charge in [0.2, 0.25) is 0 Å². The molecule has 0 spiro atoms. The fraction of sp³-hybridized carbons (Fsp3) is 0.959. The Hall–Kier alpha value is -2.28. The van der Waals surface area contributed by atoms with Crippen LogP contribution in [0.1, 0.15) is 492 Å². The van der Waals surface area contributed by atoms with Crippen LogP contribution in [0.4, 0.5) is 0 Å². The number of nitrogens with zero attached hydrogens (tertiary/aromatic N) is 3. The van der Waals surface area contributed by atoms with Gasteiger partial charge >= 0.3 is 23.9 Å². The Bertz CT molecular complexity index is 1650. The number of aliphatic hydroxyl groups is 1. The van der Waals surface area contributed by atoms with Crippen LogP contribution < -0.4 is 0 Å². The molecule has 110 heavy (non-hydrogen) atoms. The van der Waals surface area contributed by atoms with E-state index in [1.807, 2.05) is 0 Å². The number of ether oxygens (including phenoxy) is 4. The van der Waals surface area contributed by atoms with Gasteiger partial charge in [0, 0.05) is 6.61 Å². The van der Waals surface area contributed by atoms with Crippen LogP contribution in [-0.4, -0.2) is 136 Å². The summed E-state index contributed by atoms with van der Waals surface area (Å²) in [5.41, 5.74) is 0. The Balaban J connectivity index is 6.10. The van der Waals surface area contributed by atoms with Crippen LogP contribution in [0, 0.1) is 23.7 Å². The van der Waals surface area contributed by atoms with Gasteiger partial charge in [-0.2, -0.15) is 0 Å². The van der Waals surface area contributed by atoms with E-state index in [2.05, 4.69) is 70.1 Å². The van der Waals surface area contributed by atoms with Crippen LogP contribution >= 0.6 is 0 Å². The second kappa shape index (κ2) is 87.6. The Morgan fingerprint density at radius 1 is 0.191 bits per heavy atom. The van der Waals surface area contributed by atoms with E-state index in [0.717, 1.165) is 290 Å². The highest BCUT2D eigenvalue weighted by Crippen LogP contribution is 2.26. The topological polar surface area (TPSA) is 135 Å². The third-order valence-electron chi connectivity index (χ3n) is 23.8. The second-order valence-electron chi connectivity index (χ2n) is 34.4. The van der Waals surface area contributed by atoms with Crippen molar-refractivity contribution in [1.29, 1.82) is 0 Å². The van der Waals surface area contributed by atoms with Gasteiger partial charge in [0.1, 0.15) is 0 Å². The highest BCUT2D eigenvalue weighted by molar-refractivity contribution is 5.73. The summed E-state index contributed by atoms with van der Waals surface area (Å²) in [5.74, 6) is 0.424. The smallest absolute Gasteiger partial charge is 0.308 e. The lowest BCUT2D eigenvalue weighted by Crippen LogP contribution is -2.34. The largest absolute Gasteiger partial charge is 0.465 e. The number of unbranched alkanes of at least 4 members (excludes halogenated alkanes) is 45. The molecule has 0 radical (unpaired) electrons. The van der Waals surface area contributed by atoms with E-state index in [-0.39, 0.29) is 54.2 Å². The average molecular weight is 1560 g/mol. The Labute approximate surface area is 685 Å². The van der Waals surface area contributed by atoms with E-state index in [0.29, 0.717) is 26.4 Å². The van der Waals surface area contributed by atoms with Crippen LogP contribution in [0.5, 0.6) is 0 Å². The number of rotatable bonds is 92. The van der Waals surface area contributed by atoms with Gasteiger partial charge in [-0.3, -0.25) is 19.2 Å². The maximum atomic E-state index is 13.5. The van der Waals surface area contributed by atoms with Crippen LogP contribution in [0.3, 0.4) is 0 Å². The summed E-state index contributed by atoms with van der Waals surface area (Å²) in [6.07, 6.45) is 78.3. The molecule has 0 saturated heterocycles. The summed E-state index contributed by atoms with van der Waals surface area (Å²) >= 11 is 0. The zero-order valence-corrected chi connectivity index (χ0v) is 75.3. The summed E-state index contributed by atoms with van der Waals surface area (Å²) in [6.45, 7) is 30.1. The minimum Gasteiger partial charge on any atom is -0.465 e. The highest BCUT2D eigenvalue weighted by atomic mass is 16.5. The minimum atomic E-state index is 0.0512. The van der Waals surface area contributed by atoms with Gasteiger partial charge < -0.3 is 38.8 Å². The molecule has 0 fully saturated rings. The Kier molecular flexibility index (Phi) is 85.7. The van der Waals surface area contributed by atoms with Gasteiger partial charge in [-0.05, 0) is 187 Å². The monoisotopic (exact) mass is 1560 g/mol. The number of hydrogen-bond acceptors (Lipinski definition) is 12. The molecule has 0 aliphatic carbocycles. The first-order valence-electron chi connectivity index (χ1n) is 49.5. The number of esters is 4. The number of aliphatic hydroxyl groups excluding tert-OH is 1. The first-order valence-corrected chi connectivity index (χ1v) is 49.5. The van der Waals surface area contributed by atoms with Crippen molar-refractivity contribution in [2.75, 3.05) is 91.9 Å². The van der Waals surface area contributed by atoms with Crippen molar-refractivity contribution in [1.82, 2.24) is 14.7 Å². The summed E-state index contributed by atoms with van der Waals surface area (Å²) in [5, 5.41) is 9.94. The van der Waals surface area contributed by atoms with Crippen molar-refractivity contribution < 1.29 is 43.2 Å². The van der Waals surface area contributed by atoms with Gasteiger partial charge in [-0.25, -0.2) is 0 Å². The van der Waals surface area contributed by atoms with Gasteiger partial charge in [0.25, 0.3) is 0 Å². The van der Waals surface area contributed by atoms with E-state index in [4.69, 9.17) is 18.9 Å². The molecule has 0 aliphatic heterocycles. The first kappa shape index (κ1) is 108. The van der Waals surface area contributed by atoms with Crippen LogP contribution in [0.25, 0.3) is 0 Å². The maximum Gasteiger partial charge on any atom is 0.308 e. The Morgan fingerprint density at radius 2 is 0.336 bits per heavy atom. The fourth-order valence-corrected chi connectivity index (χ4v) is 16.3. The van der Waals surface area contributed by atoms with Gasteiger partial charge in [-0.1, -0.05) is 364 Å². The van der Waals surface area contributed by atoms with Crippen LogP contribution in [-0.2, 0) is 38.1 Å². The summed E-state index contributed by atoms with van der Waals surface area (Å²) in [4.78, 5) is 62.1. The molecule has 654 valence electrons. The first-order chi connectivity index (χ1) is 54.1. The summed E-state index contributed by atoms with van der Waals surface area (Å²) in [7, 11) is 0. The van der Waals surface area contributed by atoms with E-state index < -0.39 is 0 Å². The molecule has 0 heterocycles. The Morgan fingerprint density at radius 3 is 0.527 bits per heavy atom. The minimum absolute atomic E-state index is 0.0512. The lowest BCUT2D eigenvalue weighted by Gasteiger charge is -2.28. The number of carbonyl (C=O) groups excluding carboxylic acids is 4. The molecule has 0 saturated carbocycles. The quantitative estimate of drug-likeness (QED) is 0.0353. The van der Waals surface area contributed by atoms with Crippen LogP contribution in [0.15, 0.2) is 0 Å². The SMILES string of the molecule is CCCCCCCCC(CCCCCC)C(=O)OCCCCCCN(CCCCCCOC(=O)C(CCCCCC)CCCCCCCC)CCCN(CCCCO)CCCN(CCCCCCOC(=O)C(CCCCCC)CCCCCCCC)CCCCCCOC(=O)C(CCCCCC)CCCCCCCC. The average Bonchev–Trinajstić information content (AvgIpc) is 0.967. The van der Waals surface area contributed by atoms with Gasteiger partial charge in [0.05, 0.1) is 50.1 Å². The predicted octanol–water partition coefficient (Wildman–Crippen LogP) is 28.2. The summed E-state index contributed by atoms with van der Waals surface area (Å²) < 4.78 is 24.1.